The summed E-state index contributed by atoms with van der Waals surface area (Å²) in [7, 11) is 0. The maximum Gasteiger partial charge on any atom is 0.416 e. The number of amides is 1. The zero-order chi connectivity index (χ0) is 21.4. The minimum absolute atomic E-state index is 0.0563. The van der Waals surface area contributed by atoms with Crippen molar-refractivity contribution in [3.05, 3.63) is 33.8 Å². The molecular formula is C21H28BrF3N2O2. The fourth-order valence-electron chi connectivity index (χ4n) is 4.36. The lowest BCUT2D eigenvalue weighted by atomic mass is 9.85. The third-order valence-corrected chi connectivity index (χ3v) is 6.20. The second-order valence-corrected chi connectivity index (χ2v) is 9.98. The van der Waals surface area contributed by atoms with Gasteiger partial charge in [-0.15, -0.1) is 0 Å². The molecule has 2 fully saturated rings. The van der Waals surface area contributed by atoms with E-state index in [4.69, 9.17) is 4.74 Å². The summed E-state index contributed by atoms with van der Waals surface area (Å²) in [6.45, 7) is 8.11. The molecule has 1 amide bonds. The van der Waals surface area contributed by atoms with Crippen molar-refractivity contribution in [3.8, 4) is 0 Å². The summed E-state index contributed by atoms with van der Waals surface area (Å²) < 4.78 is 45.4. The van der Waals surface area contributed by atoms with Gasteiger partial charge in [0.05, 0.1) is 5.56 Å². The van der Waals surface area contributed by atoms with Crippen LogP contribution in [-0.4, -0.2) is 46.7 Å². The highest BCUT2D eigenvalue weighted by Gasteiger charge is 2.44. The van der Waals surface area contributed by atoms with Gasteiger partial charge >= 0.3 is 12.3 Å². The van der Waals surface area contributed by atoms with Crippen LogP contribution < -0.4 is 0 Å². The number of piperidine rings is 1. The first kappa shape index (κ1) is 22.4. The topological polar surface area (TPSA) is 32.8 Å². The number of hydrogen-bond acceptors (Lipinski definition) is 3. The Labute approximate surface area is 178 Å². The first-order valence-corrected chi connectivity index (χ1v) is 10.8. The van der Waals surface area contributed by atoms with Gasteiger partial charge in [0.15, 0.2) is 0 Å². The number of rotatable bonds is 2. The summed E-state index contributed by atoms with van der Waals surface area (Å²) in [5.74, 6) is 0. The number of hydrogen-bond donors (Lipinski definition) is 0. The van der Waals surface area contributed by atoms with E-state index in [1.54, 1.807) is 11.0 Å². The lowest BCUT2D eigenvalue weighted by molar-refractivity contribution is -0.137. The van der Waals surface area contributed by atoms with E-state index in [1.165, 1.54) is 6.07 Å². The number of alkyl halides is 3. The van der Waals surface area contributed by atoms with E-state index in [-0.39, 0.29) is 11.6 Å². The van der Waals surface area contributed by atoms with Gasteiger partial charge in [-0.25, -0.2) is 4.79 Å². The van der Waals surface area contributed by atoms with Crippen LogP contribution in [0, 0.1) is 0 Å². The van der Waals surface area contributed by atoms with Gasteiger partial charge in [0, 0.05) is 29.6 Å². The van der Waals surface area contributed by atoms with Crippen molar-refractivity contribution in [2.45, 2.75) is 70.3 Å². The monoisotopic (exact) mass is 476 g/mol. The molecule has 2 saturated heterocycles. The molecule has 1 aromatic rings. The third-order valence-electron chi connectivity index (χ3n) is 5.75. The SMILES string of the molecule is CC(C)(C)OC(=O)N1CCC2(CCCN2Cc2cc(Br)cc(C(F)(F)F)c2)CC1. The van der Waals surface area contributed by atoms with Crippen molar-refractivity contribution in [1.82, 2.24) is 9.80 Å². The Morgan fingerprint density at radius 2 is 1.76 bits per heavy atom. The highest BCUT2D eigenvalue weighted by molar-refractivity contribution is 9.10. The average molecular weight is 477 g/mol. The van der Waals surface area contributed by atoms with E-state index in [0.29, 0.717) is 29.7 Å². The summed E-state index contributed by atoms with van der Waals surface area (Å²) in [4.78, 5) is 16.4. The van der Waals surface area contributed by atoms with Gasteiger partial charge in [0.2, 0.25) is 0 Å². The van der Waals surface area contributed by atoms with Gasteiger partial charge in [0.1, 0.15) is 5.60 Å². The summed E-state index contributed by atoms with van der Waals surface area (Å²) in [6, 6.07) is 4.12. The molecule has 2 aliphatic heterocycles. The number of carbonyl (C=O) groups excluding carboxylic acids is 1. The minimum atomic E-state index is -4.36. The van der Waals surface area contributed by atoms with E-state index < -0.39 is 17.3 Å². The quantitative estimate of drug-likeness (QED) is 0.537. The van der Waals surface area contributed by atoms with Gasteiger partial charge in [-0.3, -0.25) is 4.90 Å². The van der Waals surface area contributed by atoms with Crippen molar-refractivity contribution in [2.75, 3.05) is 19.6 Å². The molecule has 0 N–H and O–H groups in total. The van der Waals surface area contributed by atoms with Gasteiger partial charge in [-0.1, -0.05) is 15.9 Å². The molecule has 1 spiro atoms. The van der Waals surface area contributed by atoms with Crippen molar-refractivity contribution in [2.24, 2.45) is 0 Å². The molecule has 0 atom stereocenters. The lowest BCUT2D eigenvalue weighted by Gasteiger charge is -2.45. The first-order chi connectivity index (χ1) is 13.4. The van der Waals surface area contributed by atoms with E-state index in [1.807, 2.05) is 20.8 Å². The number of likely N-dealkylation sites (tertiary alicyclic amines) is 2. The van der Waals surface area contributed by atoms with E-state index in [0.717, 1.165) is 38.3 Å². The molecule has 0 bridgehead atoms. The molecular weight excluding hydrogens is 449 g/mol. The molecule has 3 rings (SSSR count). The van der Waals surface area contributed by atoms with Crippen molar-refractivity contribution >= 4 is 22.0 Å². The highest BCUT2D eigenvalue weighted by Crippen LogP contribution is 2.40. The Kier molecular flexibility index (Phi) is 6.26. The van der Waals surface area contributed by atoms with Crippen LogP contribution in [0.2, 0.25) is 0 Å². The Balaban J connectivity index is 1.69. The van der Waals surface area contributed by atoms with Crippen LogP contribution in [-0.2, 0) is 17.5 Å². The zero-order valence-corrected chi connectivity index (χ0v) is 18.7. The van der Waals surface area contributed by atoms with Crippen LogP contribution in [0.15, 0.2) is 22.7 Å². The minimum Gasteiger partial charge on any atom is -0.444 e. The van der Waals surface area contributed by atoms with Crippen molar-refractivity contribution in [3.63, 3.8) is 0 Å². The highest BCUT2D eigenvalue weighted by atomic mass is 79.9. The molecule has 29 heavy (non-hydrogen) atoms. The molecule has 1 aromatic carbocycles. The number of ether oxygens (including phenoxy) is 1. The van der Waals surface area contributed by atoms with E-state index in [2.05, 4.69) is 20.8 Å². The summed E-state index contributed by atoms with van der Waals surface area (Å²) in [6.07, 6.45) is -1.00. The number of halogens is 4. The van der Waals surface area contributed by atoms with Crippen molar-refractivity contribution in [1.29, 1.82) is 0 Å². The second kappa shape index (κ2) is 8.10. The zero-order valence-electron chi connectivity index (χ0n) is 17.1. The molecule has 0 unspecified atom stereocenters. The second-order valence-electron chi connectivity index (χ2n) is 9.06. The van der Waals surface area contributed by atoms with E-state index >= 15 is 0 Å². The first-order valence-electron chi connectivity index (χ1n) is 9.98. The van der Waals surface area contributed by atoms with Crippen LogP contribution >= 0.6 is 15.9 Å². The normalized spacial score (nSPS) is 20.3. The molecule has 2 heterocycles. The summed E-state index contributed by atoms with van der Waals surface area (Å²) in [5, 5.41) is 0. The number of nitrogens with zero attached hydrogens (tertiary/aromatic N) is 2. The van der Waals surface area contributed by atoms with Crippen LogP contribution in [0.25, 0.3) is 0 Å². The standard InChI is InChI=1S/C21H28BrF3N2O2/c1-19(2,3)29-18(28)26-9-6-20(7-10-26)5-4-8-27(20)14-15-11-16(21(23,24)25)13-17(22)12-15/h11-13H,4-10,14H2,1-3H3. The molecule has 0 aromatic heterocycles. The van der Waals surface area contributed by atoms with E-state index in [9.17, 15) is 18.0 Å². The van der Waals surface area contributed by atoms with Gasteiger partial charge in [-0.2, -0.15) is 13.2 Å². The Hall–Kier alpha value is -1.28. The summed E-state index contributed by atoms with van der Waals surface area (Å²) >= 11 is 3.21. The molecule has 0 saturated carbocycles. The van der Waals surface area contributed by atoms with Crippen LogP contribution in [0.4, 0.5) is 18.0 Å². The van der Waals surface area contributed by atoms with Gasteiger partial charge < -0.3 is 9.64 Å². The molecule has 8 heteroatoms. The molecule has 4 nitrogen and oxygen atoms in total. The van der Waals surface area contributed by atoms with Gasteiger partial charge in [0.25, 0.3) is 0 Å². The molecule has 2 aliphatic rings. The van der Waals surface area contributed by atoms with Crippen molar-refractivity contribution < 1.29 is 22.7 Å². The van der Waals surface area contributed by atoms with Crippen LogP contribution in [0.3, 0.4) is 0 Å². The average Bonchev–Trinajstić information content (AvgIpc) is 2.94. The maximum absolute atomic E-state index is 13.2. The smallest absolute Gasteiger partial charge is 0.416 e. The van der Waals surface area contributed by atoms with Crippen LogP contribution in [0.1, 0.15) is 57.6 Å². The van der Waals surface area contributed by atoms with Crippen LogP contribution in [0.5, 0.6) is 0 Å². The maximum atomic E-state index is 13.2. The number of carbonyl (C=O) groups is 1. The fraction of sp³-hybridized carbons (Fsp3) is 0.667. The third kappa shape index (κ3) is 5.45. The lowest BCUT2D eigenvalue weighted by Crippen LogP contribution is -2.53. The Bertz CT molecular complexity index is 753. The summed E-state index contributed by atoms with van der Waals surface area (Å²) in [5.41, 5.74) is -0.556. The fourth-order valence-corrected chi connectivity index (χ4v) is 4.91. The molecule has 162 valence electrons. The number of benzene rings is 1. The molecule has 0 radical (unpaired) electrons. The van der Waals surface area contributed by atoms with Gasteiger partial charge in [-0.05, 0) is 76.8 Å². The molecule has 0 aliphatic carbocycles. The predicted octanol–water partition coefficient (Wildman–Crippen LogP) is 5.83. The Morgan fingerprint density at radius 1 is 1.10 bits per heavy atom. The Morgan fingerprint density at radius 3 is 2.34 bits per heavy atom. The largest absolute Gasteiger partial charge is 0.444 e. The predicted molar refractivity (Wildman–Crippen MR) is 109 cm³/mol.